The van der Waals surface area contributed by atoms with Crippen LogP contribution >= 0.6 is 0 Å². The molecule has 0 radical (unpaired) electrons. The van der Waals surface area contributed by atoms with Gasteiger partial charge in [0.2, 0.25) is 0 Å². The molecular weight excluding hydrogens is 256 g/mol. The van der Waals surface area contributed by atoms with Gasteiger partial charge in [-0.05, 0) is 19.4 Å². The molecule has 1 aromatic heterocycles. The average molecular weight is 274 g/mol. The second kappa shape index (κ2) is 6.34. The molecule has 1 unspecified atom stereocenters. The van der Waals surface area contributed by atoms with Gasteiger partial charge in [-0.1, -0.05) is 18.2 Å². The maximum absolute atomic E-state index is 12.3. The van der Waals surface area contributed by atoms with E-state index in [4.69, 9.17) is 4.74 Å². The fraction of sp³-hybridized carbons (Fsp3) is 0.333. The van der Waals surface area contributed by atoms with Crippen molar-refractivity contribution in [1.82, 2.24) is 10.3 Å². The lowest BCUT2D eigenvalue weighted by Gasteiger charge is -2.14. The molecule has 2 aromatic rings. The highest BCUT2D eigenvalue weighted by molar-refractivity contribution is 6.06. The van der Waals surface area contributed by atoms with Gasteiger partial charge in [-0.3, -0.25) is 9.59 Å². The van der Waals surface area contributed by atoms with Gasteiger partial charge in [-0.15, -0.1) is 0 Å². The Labute approximate surface area is 117 Å². The lowest BCUT2D eigenvalue weighted by Crippen LogP contribution is -2.33. The van der Waals surface area contributed by atoms with Gasteiger partial charge < -0.3 is 15.0 Å². The molecule has 2 rings (SSSR count). The van der Waals surface area contributed by atoms with Crippen molar-refractivity contribution in [2.75, 3.05) is 13.7 Å². The summed E-state index contributed by atoms with van der Waals surface area (Å²) in [7, 11) is 1.63. The van der Waals surface area contributed by atoms with Crippen LogP contribution in [0, 0.1) is 0 Å². The Balaban J connectivity index is 2.27. The van der Waals surface area contributed by atoms with Gasteiger partial charge in [0, 0.05) is 36.7 Å². The van der Waals surface area contributed by atoms with E-state index in [0.29, 0.717) is 22.9 Å². The Hall–Kier alpha value is -2.14. The second-order valence-corrected chi connectivity index (χ2v) is 4.73. The lowest BCUT2D eigenvalue weighted by atomic mass is 10.1. The maximum Gasteiger partial charge on any atom is 0.255 e. The number of hydrogen-bond acceptors (Lipinski definition) is 3. The maximum atomic E-state index is 12.3. The molecule has 106 valence electrons. The third-order valence-corrected chi connectivity index (χ3v) is 3.19. The summed E-state index contributed by atoms with van der Waals surface area (Å²) in [5, 5.41) is 4.08. The van der Waals surface area contributed by atoms with Gasteiger partial charge >= 0.3 is 0 Å². The number of rotatable bonds is 5. The highest BCUT2D eigenvalue weighted by atomic mass is 16.5. The fourth-order valence-corrected chi connectivity index (χ4v) is 2.07. The van der Waals surface area contributed by atoms with Gasteiger partial charge in [0.05, 0.1) is 5.56 Å². The van der Waals surface area contributed by atoms with E-state index in [0.717, 1.165) is 6.42 Å². The number of fused-ring (bicyclic) bond motifs is 1. The number of nitrogens with one attached hydrogen (secondary N) is 2. The van der Waals surface area contributed by atoms with Crippen molar-refractivity contribution in [2.45, 2.75) is 19.4 Å². The number of carbonyl (C=O) groups excluding carboxylic acids is 1. The largest absolute Gasteiger partial charge is 0.385 e. The topological polar surface area (TPSA) is 71.2 Å². The van der Waals surface area contributed by atoms with Crippen LogP contribution in [0.5, 0.6) is 0 Å². The van der Waals surface area contributed by atoms with Gasteiger partial charge in [0.25, 0.3) is 11.5 Å². The Morgan fingerprint density at radius 1 is 1.35 bits per heavy atom. The zero-order chi connectivity index (χ0) is 14.5. The van der Waals surface area contributed by atoms with E-state index in [1.807, 2.05) is 13.0 Å². The first-order valence-corrected chi connectivity index (χ1v) is 6.53. The summed E-state index contributed by atoms with van der Waals surface area (Å²) in [6, 6.07) is 7.08. The highest BCUT2D eigenvalue weighted by Crippen LogP contribution is 2.14. The van der Waals surface area contributed by atoms with Crippen molar-refractivity contribution in [3.8, 4) is 0 Å². The van der Waals surface area contributed by atoms with E-state index >= 15 is 0 Å². The van der Waals surface area contributed by atoms with E-state index < -0.39 is 0 Å². The molecule has 5 nitrogen and oxygen atoms in total. The number of aromatic amines is 1. The Kier molecular flexibility index (Phi) is 4.53. The summed E-state index contributed by atoms with van der Waals surface area (Å²) in [6.45, 7) is 2.51. The van der Waals surface area contributed by atoms with Crippen molar-refractivity contribution in [3.63, 3.8) is 0 Å². The number of aromatic nitrogens is 1. The molecular formula is C15H18N2O3. The van der Waals surface area contributed by atoms with Crippen molar-refractivity contribution in [3.05, 3.63) is 46.4 Å². The van der Waals surface area contributed by atoms with Gasteiger partial charge in [0.1, 0.15) is 0 Å². The standard InChI is InChI=1S/C15H18N2O3/c1-10(7-8-20-2)17-15(19)13-9-16-14(18)12-6-4-3-5-11(12)13/h3-6,9-10H,7-8H2,1-2H3,(H,16,18)(H,17,19). The number of methoxy groups -OCH3 is 1. The second-order valence-electron chi connectivity index (χ2n) is 4.73. The predicted molar refractivity (Wildman–Crippen MR) is 78.0 cm³/mol. The van der Waals surface area contributed by atoms with Gasteiger partial charge in [-0.25, -0.2) is 0 Å². The molecule has 1 aromatic carbocycles. The molecule has 0 saturated carbocycles. The lowest BCUT2D eigenvalue weighted by molar-refractivity contribution is 0.0931. The Morgan fingerprint density at radius 3 is 2.75 bits per heavy atom. The number of carbonyl (C=O) groups is 1. The molecule has 0 saturated heterocycles. The molecule has 0 bridgehead atoms. The molecule has 20 heavy (non-hydrogen) atoms. The number of hydrogen-bond donors (Lipinski definition) is 2. The third kappa shape index (κ3) is 3.05. The molecule has 1 heterocycles. The summed E-state index contributed by atoms with van der Waals surface area (Å²) in [4.78, 5) is 26.6. The summed E-state index contributed by atoms with van der Waals surface area (Å²) in [5.74, 6) is -0.193. The zero-order valence-electron chi connectivity index (χ0n) is 11.6. The van der Waals surface area contributed by atoms with E-state index in [1.54, 1.807) is 25.3 Å². The van der Waals surface area contributed by atoms with Crippen LogP contribution in [0.3, 0.4) is 0 Å². The minimum Gasteiger partial charge on any atom is -0.385 e. The van der Waals surface area contributed by atoms with Crippen LogP contribution in [0.2, 0.25) is 0 Å². The summed E-state index contributed by atoms with van der Waals surface area (Å²) >= 11 is 0. The van der Waals surface area contributed by atoms with E-state index in [1.165, 1.54) is 6.20 Å². The number of amides is 1. The van der Waals surface area contributed by atoms with Gasteiger partial charge in [0.15, 0.2) is 0 Å². The van der Waals surface area contributed by atoms with Gasteiger partial charge in [-0.2, -0.15) is 0 Å². The third-order valence-electron chi connectivity index (χ3n) is 3.19. The average Bonchev–Trinajstić information content (AvgIpc) is 2.45. The van der Waals surface area contributed by atoms with Crippen LogP contribution in [0.25, 0.3) is 10.8 Å². The fourth-order valence-electron chi connectivity index (χ4n) is 2.07. The van der Waals surface area contributed by atoms with Crippen LogP contribution in [0.15, 0.2) is 35.3 Å². The molecule has 0 spiro atoms. The summed E-state index contributed by atoms with van der Waals surface area (Å²) in [5.41, 5.74) is 0.286. The molecule has 5 heteroatoms. The van der Waals surface area contributed by atoms with Crippen LogP contribution in [-0.4, -0.2) is 30.6 Å². The molecule has 1 amide bonds. The smallest absolute Gasteiger partial charge is 0.255 e. The minimum atomic E-state index is -0.193. The molecule has 1 atom stereocenters. The normalized spacial score (nSPS) is 12.3. The number of pyridine rings is 1. The SMILES string of the molecule is COCCC(C)NC(=O)c1c[nH]c(=O)c2ccccc12. The number of ether oxygens (including phenoxy) is 1. The van der Waals surface area contributed by atoms with Crippen LogP contribution in [0.1, 0.15) is 23.7 Å². The molecule has 0 aliphatic rings. The highest BCUT2D eigenvalue weighted by Gasteiger charge is 2.13. The van der Waals surface area contributed by atoms with Crippen LogP contribution < -0.4 is 10.9 Å². The first-order chi connectivity index (χ1) is 9.63. The number of benzene rings is 1. The molecule has 0 aliphatic carbocycles. The Bertz CT molecular complexity index is 663. The summed E-state index contributed by atoms with van der Waals surface area (Å²) in [6.07, 6.45) is 2.20. The van der Waals surface area contributed by atoms with Crippen LogP contribution in [0.4, 0.5) is 0 Å². The summed E-state index contributed by atoms with van der Waals surface area (Å²) < 4.78 is 4.99. The predicted octanol–water partition coefficient (Wildman–Crippen LogP) is 1.68. The molecule has 0 fully saturated rings. The monoisotopic (exact) mass is 274 g/mol. The van der Waals surface area contributed by atoms with Crippen molar-refractivity contribution in [1.29, 1.82) is 0 Å². The quantitative estimate of drug-likeness (QED) is 0.871. The first kappa shape index (κ1) is 14.3. The molecule has 0 aliphatic heterocycles. The van der Waals surface area contributed by atoms with Crippen molar-refractivity contribution >= 4 is 16.7 Å². The van der Waals surface area contributed by atoms with E-state index in [2.05, 4.69) is 10.3 Å². The zero-order valence-corrected chi connectivity index (χ0v) is 11.6. The number of H-pyrrole nitrogens is 1. The Morgan fingerprint density at radius 2 is 2.05 bits per heavy atom. The van der Waals surface area contributed by atoms with Crippen molar-refractivity contribution < 1.29 is 9.53 Å². The first-order valence-electron chi connectivity index (χ1n) is 6.53. The van der Waals surface area contributed by atoms with Crippen LogP contribution in [-0.2, 0) is 4.74 Å². The molecule has 2 N–H and O–H groups in total. The van der Waals surface area contributed by atoms with Crippen molar-refractivity contribution in [2.24, 2.45) is 0 Å². The van der Waals surface area contributed by atoms with E-state index in [-0.39, 0.29) is 17.5 Å². The minimum absolute atomic E-state index is 0.00754. The van der Waals surface area contributed by atoms with E-state index in [9.17, 15) is 9.59 Å².